The fraction of sp³-hybridized carbons (Fsp3) is 0.700. The number of fused-ring (bicyclic) bond motifs is 2. The second-order valence-corrected chi connectivity index (χ2v) is 11.8. The van der Waals surface area contributed by atoms with E-state index in [2.05, 4.69) is 15.5 Å². The molecule has 1 aromatic rings. The Balaban J connectivity index is 1.40. The number of para-hydroxylation sites is 1. The van der Waals surface area contributed by atoms with Gasteiger partial charge in [-0.05, 0) is 45.1 Å². The van der Waals surface area contributed by atoms with Crippen LogP contribution in [-0.4, -0.2) is 90.6 Å². The molecule has 4 N–H and O–H groups in total. The average Bonchev–Trinajstić information content (AvgIpc) is 3.37. The third-order valence-corrected chi connectivity index (χ3v) is 9.04. The Morgan fingerprint density at radius 1 is 1.10 bits per heavy atom. The minimum atomic E-state index is -0.717. The van der Waals surface area contributed by atoms with E-state index in [0.29, 0.717) is 32.7 Å². The Bertz CT molecular complexity index is 1060. The normalized spacial score (nSPS) is 28.5. The summed E-state index contributed by atoms with van der Waals surface area (Å²) < 4.78 is 11.7. The van der Waals surface area contributed by atoms with Gasteiger partial charge < -0.3 is 30.7 Å². The topological polar surface area (TPSA) is 126 Å². The Morgan fingerprint density at radius 2 is 1.88 bits per heavy atom. The lowest BCUT2D eigenvalue weighted by molar-refractivity contribution is -0.149. The molecule has 3 aliphatic heterocycles. The minimum Gasteiger partial charge on any atom is -0.493 e. The maximum atomic E-state index is 14.4. The first kappa shape index (κ1) is 28.8. The van der Waals surface area contributed by atoms with Crippen molar-refractivity contribution < 1.29 is 23.9 Å². The van der Waals surface area contributed by atoms with E-state index in [0.717, 1.165) is 56.4 Å². The molecule has 1 aromatic carbocycles. The standard InChI is InChI=1S/C30H45N5O5/c1-3-39-22-15-21-16-35(30(38)27(33-28(36)19(2)31)20-9-5-4-6-10-20)25(18-34(21)17-22)29(37)32-24-13-14-40-26-12-8-7-11-23(24)26/h7-8,11-12,19-22,24-25,27H,3-6,9-10,13-18,31H2,1-2H3,(H,32,37)(H,33,36)/t19-,21+,22+,24+,25-,27-/m0/s1. The van der Waals surface area contributed by atoms with E-state index in [-0.39, 0.29) is 41.8 Å². The Morgan fingerprint density at radius 3 is 2.62 bits per heavy atom. The molecule has 220 valence electrons. The van der Waals surface area contributed by atoms with Crippen molar-refractivity contribution in [2.45, 2.75) is 95.1 Å². The first-order valence-corrected chi connectivity index (χ1v) is 15.1. The van der Waals surface area contributed by atoms with Crippen molar-refractivity contribution in [2.24, 2.45) is 11.7 Å². The zero-order valence-corrected chi connectivity index (χ0v) is 23.8. The molecule has 3 heterocycles. The monoisotopic (exact) mass is 555 g/mol. The molecule has 5 rings (SSSR count). The van der Waals surface area contributed by atoms with Gasteiger partial charge in [-0.3, -0.25) is 19.3 Å². The summed E-state index contributed by atoms with van der Waals surface area (Å²) in [6, 6.07) is 5.63. The van der Waals surface area contributed by atoms with Crippen LogP contribution < -0.4 is 21.1 Å². The summed E-state index contributed by atoms with van der Waals surface area (Å²) in [5.41, 5.74) is 6.85. The second-order valence-electron chi connectivity index (χ2n) is 11.8. The Labute approximate surface area is 237 Å². The van der Waals surface area contributed by atoms with Crippen LogP contribution >= 0.6 is 0 Å². The molecule has 0 unspecified atom stereocenters. The van der Waals surface area contributed by atoms with Crippen molar-refractivity contribution in [1.29, 1.82) is 0 Å². The molecule has 1 saturated carbocycles. The lowest BCUT2D eigenvalue weighted by Crippen LogP contribution is -2.66. The molecular formula is C30H45N5O5. The fourth-order valence-corrected chi connectivity index (χ4v) is 6.92. The summed E-state index contributed by atoms with van der Waals surface area (Å²) in [5, 5.41) is 6.23. The molecule has 10 nitrogen and oxygen atoms in total. The van der Waals surface area contributed by atoms with Crippen molar-refractivity contribution in [3.8, 4) is 5.75 Å². The van der Waals surface area contributed by atoms with E-state index in [9.17, 15) is 14.4 Å². The zero-order chi connectivity index (χ0) is 28.2. The van der Waals surface area contributed by atoms with E-state index in [1.165, 1.54) is 0 Å². The number of carbonyl (C=O) groups is 3. The highest BCUT2D eigenvalue weighted by Gasteiger charge is 2.47. The molecule has 3 fully saturated rings. The van der Waals surface area contributed by atoms with E-state index < -0.39 is 18.1 Å². The number of rotatable bonds is 8. The molecule has 40 heavy (non-hydrogen) atoms. The van der Waals surface area contributed by atoms with Crippen LogP contribution in [0.5, 0.6) is 5.75 Å². The fourth-order valence-electron chi connectivity index (χ4n) is 6.92. The van der Waals surface area contributed by atoms with Crippen molar-refractivity contribution in [3.63, 3.8) is 0 Å². The first-order chi connectivity index (χ1) is 19.4. The molecule has 10 heteroatoms. The number of hydrogen-bond donors (Lipinski definition) is 3. The van der Waals surface area contributed by atoms with Crippen molar-refractivity contribution in [2.75, 3.05) is 32.8 Å². The van der Waals surface area contributed by atoms with Crippen molar-refractivity contribution in [1.82, 2.24) is 20.4 Å². The molecule has 0 spiro atoms. The first-order valence-electron chi connectivity index (χ1n) is 15.1. The van der Waals surface area contributed by atoms with Gasteiger partial charge in [-0.1, -0.05) is 37.5 Å². The largest absolute Gasteiger partial charge is 0.493 e. The third kappa shape index (κ3) is 6.29. The van der Waals surface area contributed by atoms with Gasteiger partial charge in [0.15, 0.2) is 0 Å². The highest BCUT2D eigenvalue weighted by Crippen LogP contribution is 2.34. The van der Waals surface area contributed by atoms with Crippen LogP contribution in [0.4, 0.5) is 0 Å². The van der Waals surface area contributed by atoms with Gasteiger partial charge in [-0.2, -0.15) is 0 Å². The summed E-state index contributed by atoms with van der Waals surface area (Å²) in [6.45, 7) is 6.39. The van der Waals surface area contributed by atoms with Gasteiger partial charge in [-0.15, -0.1) is 0 Å². The number of piperazine rings is 1. The third-order valence-electron chi connectivity index (χ3n) is 9.04. The molecule has 1 aliphatic carbocycles. The van der Waals surface area contributed by atoms with Crippen LogP contribution in [0.15, 0.2) is 24.3 Å². The van der Waals surface area contributed by atoms with Gasteiger partial charge >= 0.3 is 0 Å². The van der Waals surface area contributed by atoms with Gasteiger partial charge in [0, 0.05) is 44.3 Å². The number of nitrogens with two attached hydrogens (primary N) is 1. The van der Waals surface area contributed by atoms with E-state index in [4.69, 9.17) is 15.2 Å². The van der Waals surface area contributed by atoms with E-state index >= 15 is 0 Å². The van der Waals surface area contributed by atoms with Crippen LogP contribution in [0.25, 0.3) is 0 Å². The number of nitrogens with one attached hydrogen (secondary N) is 2. The number of carbonyl (C=O) groups excluding carboxylic acids is 3. The number of amides is 3. The quantitative estimate of drug-likeness (QED) is 0.446. The van der Waals surface area contributed by atoms with E-state index in [1.807, 2.05) is 31.2 Å². The highest BCUT2D eigenvalue weighted by atomic mass is 16.5. The predicted octanol–water partition coefficient (Wildman–Crippen LogP) is 1.73. The second kappa shape index (κ2) is 12.9. The van der Waals surface area contributed by atoms with Crippen LogP contribution in [0.3, 0.4) is 0 Å². The summed E-state index contributed by atoms with van der Waals surface area (Å²) >= 11 is 0. The summed E-state index contributed by atoms with van der Waals surface area (Å²) in [4.78, 5) is 45.2. The lowest BCUT2D eigenvalue weighted by Gasteiger charge is -2.45. The number of benzene rings is 1. The predicted molar refractivity (Wildman–Crippen MR) is 150 cm³/mol. The maximum Gasteiger partial charge on any atom is 0.246 e. The lowest BCUT2D eigenvalue weighted by atomic mass is 9.82. The maximum absolute atomic E-state index is 14.4. The summed E-state index contributed by atoms with van der Waals surface area (Å²) in [7, 11) is 0. The van der Waals surface area contributed by atoms with Gasteiger partial charge in [0.25, 0.3) is 0 Å². The molecule has 6 atom stereocenters. The molecular weight excluding hydrogens is 510 g/mol. The SMILES string of the molecule is CCO[C@@H]1C[C@@H]2CN(C(=O)[C@@H](NC(=O)[C@H](C)N)C3CCCCC3)[C@H](C(=O)N[C@@H]3CCOc4ccccc43)CN2C1. The van der Waals surface area contributed by atoms with Gasteiger partial charge in [0.1, 0.15) is 17.8 Å². The molecule has 2 saturated heterocycles. The van der Waals surface area contributed by atoms with Crippen LogP contribution in [0.1, 0.15) is 70.4 Å². The Kier molecular flexibility index (Phi) is 9.27. The van der Waals surface area contributed by atoms with Gasteiger partial charge in [0.2, 0.25) is 17.7 Å². The number of hydrogen-bond acceptors (Lipinski definition) is 7. The minimum absolute atomic E-state index is 0.0350. The van der Waals surface area contributed by atoms with E-state index in [1.54, 1.807) is 11.8 Å². The molecule has 0 radical (unpaired) electrons. The average molecular weight is 556 g/mol. The number of ether oxygens (including phenoxy) is 2. The molecule has 0 aromatic heterocycles. The zero-order valence-electron chi connectivity index (χ0n) is 23.8. The van der Waals surface area contributed by atoms with Crippen molar-refractivity contribution in [3.05, 3.63) is 29.8 Å². The van der Waals surface area contributed by atoms with Crippen LogP contribution in [0.2, 0.25) is 0 Å². The Hall–Kier alpha value is -2.69. The molecule has 0 bridgehead atoms. The van der Waals surface area contributed by atoms with Crippen LogP contribution in [0, 0.1) is 5.92 Å². The van der Waals surface area contributed by atoms with Gasteiger partial charge in [0.05, 0.1) is 24.8 Å². The summed E-state index contributed by atoms with van der Waals surface area (Å²) in [5.74, 6) is 0.139. The van der Waals surface area contributed by atoms with Crippen LogP contribution in [-0.2, 0) is 19.1 Å². The summed E-state index contributed by atoms with van der Waals surface area (Å²) in [6.07, 6.45) is 6.52. The van der Waals surface area contributed by atoms with Crippen molar-refractivity contribution >= 4 is 17.7 Å². The smallest absolute Gasteiger partial charge is 0.246 e. The van der Waals surface area contributed by atoms with Gasteiger partial charge in [-0.25, -0.2) is 0 Å². The molecule has 3 amide bonds. The number of nitrogens with zero attached hydrogens (tertiary/aromatic N) is 2. The molecule has 4 aliphatic rings. The highest BCUT2D eigenvalue weighted by molar-refractivity contribution is 5.93.